The molecule has 8 nitrogen and oxygen atoms in total. The lowest BCUT2D eigenvalue weighted by Gasteiger charge is -2.17. The Kier molecular flexibility index (Phi) is 9.78. The molecule has 0 saturated heterocycles. The maximum absolute atomic E-state index is 12.1. The molecule has 0 radical (unpaired) electrons. The van der Waals surface area contributed by atoms with Crippen molar-refractivity contribution in [3.63, 3.8) is 0 Å². The number of carbonyl (C=O) groups excluding carboxylic acids is 1. The zero-order chi connectivity index (χ0) is 26.2. The monoisotopic (exact) mass is 512 g/mol. The predicted molar refractivity (Wildman–Crippen MR) is 142 cm³/mol. The molecule has 0 bridgehead atoms. The van der Waals surface area contributed by atoms with Gasteiger partial charge in [-0.25, -0.2) is 0 Å². The number of carboxylic acid groups (broad SMARTS) is 1. The van der Waals surface area contributed by atoms with Crippen LogP contribution < -0.4 is 5.32 Å². The van der Waals surface area contributed by atoms with E-state index in [9.17, 15) is 9.59 Å². The molecule has 3 aromatic rings. The minimum atomic E-state index is -0.922. The lowest BCUT2D eigenvalue weighted by atomic mass is 9.93. The molecule has 194 valence electrons. The van der Waals surface area contributed by atoms with E-state index in [4.69, 9.17) is 14.6 Å². The fourth-order valence-corrected chi connectivity index (χ4v) is 5.34. The molecule has 3 rings (SSSR count). The van der Waals surface area contributed by atoms with Crippen LogP contribution in [-0.2, 0) is 29.0 Å². The van der Waals surface area contributed by atoms with Gasteiger partial charge in [-0.2, -0.15) is 4.98 Å². The largest absolute Gasteiger partial charge is 0.481 e. The van der Waals surface area contributed by atoms with Crippen LogP contribution in [0.2, 0.25) is 0 Å². The van der Waals surface area contributed by atoms with E-state index in [1.54, 1.807) is 11.3 Å². The average Bonchev–Trinajstić information content (AvgIpc) is 3.48. The molecule has 0 unspecified atom stereocenters. The van der Waals surface area contributed by atoms with Gasteiger partial charge in [0, 0.05) is 30.0 Å². The van der Waals surface area contributed by atoms with Gasteiger partial charge in [0.15, 0.2) is 0 Å². The maximum Gasteiger partial charge on any atom is 0.305 e. The predicted octanol–water partition coefficient (Wildman–Crippen LogP) is 5.01. The van der Waals surface area contributed by atoms with E-state index >= 15 is 0 Å². The van der Waals surface area contributed by atoms with Crippen LogP contribution in [0.3, 0.4) is 0 Å². The molecule has 36 heavy (non-hydrogen) atoms. The van der Waals surface area contributed by atoms with Crippen molar-refractivity contribution in [1.29, 1.82) is 0 Å². The fourth-order valence-electron chi connectivity index (χ4n) is 4.20. The average molecular weight is 513 g/mol. The summed E-state index contributed by atoms with van der Waals surface area (Å²) in [5, 5.41) is 15.6. The Morgan fingerprint density at radius 3 is 2.50 bits per heavy atom. The van der Waals surface area contributed by atoms with Crippen LogP contribution in [0.5, 0.6) is 0 Å². The van der Waals surface area contributed by atoms with Gasteiger partial charge >= 0.3 is 5.97 Å². The summed E-state index contributed by atoms with van der Waals surface area (Å²) in [5.74, 6) is 0.0175. The molecular formula is C27H36N4O4S. The Morgan fingerprint density at radius 1 is 1.08 bits per heavy atom. The second-order valence-corrected chi connectivity index (χ2v) is 10.0. The number of carbonyl (C=O) groups is 2. The summed E-state index contributed by atoms with van der Waals surface area (Å²) in [6.07, 6.45) is 1.64. The van der Waals surface area contributed by atoms with Crippen molar-refractivity contribution in [3.8, 4) is 22.2 Å². The zero-order valence-corrected chi connectivity index (χ0v) is 22.6. The minimum absolute atomic E-state index is 0.0748. The first kappa shape index (κ1) is 27.5. The molecule has 1 amide bonds. The summed E-state index contributed by atoms with van der Waals surface area (Å²) in [6.45, 7) is 13.7. The topological polar surface area (TPSA) is 109 Å². The van der Waals surface area contributed by atoms with Crippen LogP contribution in [0.15, 0.2) is 22.7 Å². The molecule has 9 heteroatoms. The highest BCUT2D eigenvalue weighted by Gasteiger charge is 2.18. The Hall–Kier alpha value is -3.04. The van der Waals surface area contributed by atoms with Gasteiger partial charge in [-0.05, 0) is 80.2 Å². The number of amides is 1. The number of hydrogen-bond acceptors (Lipinski definition) is 7. The Balaban J connectivity index is 1.75. The van der Waals surface area contributed by atoms with E-state index in [1.165, 1.54) is 10.4 Å². The Bertz CT molecular complexity index is 1200. The summed E-state index contributed by atoms with van der Waals surface area (Å²) in [6, 6.07) is 6.23. The van der Waals surface area contributed by atoms with Crippen LogP contribution in [0, 0.1) is 13.8 Å². The lowest BCUT2D eigenvalue weighted by molar-refractivity contribution is -0.136. The minimum Gasteiger partial charge on any atom is -0.481 e. The van der Waals surface area contributed by atoms with Gasteiger partial charge in [0.25, 0.3) is 5.89 Å². The molecule has 0 fully saturated rings. The number of aromatic nitrogens is 2. The summed E-state index contributed by atoms with van der Waals surface area (Å²) in [5.41, 5.74) is 5.48. The van der Waals surface area contributed by atoms with Crippen molar-refractivity contribution >= 4 is 23.2 Å². The molecule has 0 aliphatic heterocycles. The maximum atomic E-state index is 12.1. The summed E-state index contributed by atoms with van der Waals surface area (Å²) in [7, 11) is 0. The van der Waals surface area contributed by atoms with E-state index in [2.05, 4.69) is 55.2 Å². The van der Waals surface area contributed by atoms with Crippen molar-refractivity contribution in [2.75, 3.05) is 19.6 Å². The van der Waals surface area contributed by atoms with Crippen LogP contribution >= 0.6 is 11.3 Å². The number of benzene rings is 1. The van der Waals surface area contributed by atoms with E-state index in [-0.39, 0.29) is 18.9 Å². The van der Waals surface area contributed by atoms with Gasteiger partial charge in [-0.1, -0.05) is 25.9 Å². The first-order valence-electron chi connectivity index (χ1n) is 12.5. The smallest absolute Gasteiger partial charge is 0.305 e. The molecule has 0 aliphatic carbocycles. The number of aliphatic carboxylic acids is 1. The quantitative estimate of drug-likeness (QED) is 0.331. The summed E-state index contributed by atoms with van der Waals surface area (Å²) >= 11 is 1.70. The van der Waals surface area contributed by atoms with E-state index in [0.29, 0.717) is 24.6 Å². The van der Waals surface area contributed by atoms with Crippen molar-refractivity contribution in [2.24, 2.45) is 0 Å². The standard InChI is InChI=1S/C27H36N4O4S/c1-6-19-15-20(13-17(4)21(19)9-10-24(32)28-12-11-25(33)34)26-29-27(35-30-26)22-14-18(5)23(36-22)16-31(7-2)8-3/h13-15H,6-12,16H2,1-5H3,(H,28,32)(H,33,34). The molecular weight excluding hydrogens is 476 g/mol. The van der Waals surface area contributed by atoms with Crippen LogP contribution in [0.4, 0.5) is 0 Å². The second kappa shape index (κ2) is 12.8. The molecule has 0 atom stereocenters. The van der Waals surface area contributed by atoms with Gasteiger partial charge in [-0.15, -0.1) is 11.3 Å². The molecule has 0 aliphatic rings. The number of thiophene rings is 1. The molecule has 0 saturated carbocycles. The number of nitrogens with zero attached hydrogens (tertiary/aromatic N) is 3. The van der Waals surface area contributed by atoms with Crippen molar-refractivity contribution in [1.82, 2.24) is 20.4 Å². The first-order valence-corrected chi connectivity index (χ1v) is 13.3. The second-order valence-electron chi connectivity index (χ2n) is 8.88. The van der Waals surface area contributed by atoms with Gasteiger partial charge in [0.1, 0.15) is 0 Å². The Labute approximate surface area is 216 Å². The normalized spacial score (nSPS) is 11.3. The number of carboxylic acids is 1. The third kappa shape index (κ3) is 7.01. The van der Waals surface area contributed by atoms with Crippen molar-refractivity contribution < 1.29 is 19.2 Å². The number of hydrogen-bond donors (Lipinski definition) is 2. The summed E-state index contributed by atoms with van der Waals surface area (Å²) < 4.78 is 5.65. The molecule has 2 N–H and O–H groups in total. The van der Waals surface area contributed by atoms with E-state index in [0.717, 1.165) is 53.2 Å². The third-order valence-corrected chi connectivity index (χ3v) is 7.60. The Morgan fingerprint density at radius 2 is 1.83 bits per heavy atom. The number of aryl methyl sites for hydroxylation is 3. The number of nitrogens with one attached hydrogen (secondary N) is 1. The van der Waals surface area contributed by atoms with Gasteiger partial charge in [-0.3, -0.25) is 14.5 Å². The highest BCUT2D eigenvalue weighted by molar-refractivity contribution is 7.15. The lowest BCUT2D eigenvalue weighted by Crippen LogP contribution is -2.26. The van der Waals surface area contributed by atoms with Crippen LogP contribution in [0.1, 0.15) is 60.7 Å². The number of rotatable bonds is 13. The van der Waals surface area contributed by atoms with Crippen molar-refractivity contribution in [3.05, 3.63) is 45.3 Å². The molecule has 0 spiro atoms. The van der Waals surface area contributed by atoms with Gasteiger partial charge < -0.3 is 14.9 Å². The molecule has 1 aromatic carbocycles. The third-order valence-electron chi connectivity index (χ3n) is 6.39. The summed E-state index contributed by atoms with van der Waals surface area (Å²) in [4.78, 5) is 32.1. The highest BCUT2D eigenvalue weighted by atomic mass is 32.1. The fraction of sp³-hybridized carbons (Fsp3) is 0.481. The highest BCUT2D eigenvalue weighted by Crippen LogP contribution is 2.33. The van der Waals surface area contributed by atoms with Crippen LogP contribution in [-0.4, -0.2) is 51.7 Å². The SMILES string of the molecule is CCc1cc(-c2noc(-c3cc(C)c(CN(CC)CC)s3)n2)cc(C)c1CCC(=O)NCCC(=O)O. The van der Waals surface area contributed by atoms with Gasteiger partial charge in [0.05, 0.1) is 11.3 Å². The molecule has 2 heterocycles. The van der Waals surface area contributed by atoms with E-state index in [1.807, 2.05) is 13.0 Å². The first-order chi connectivity index (χ1) is 17.2. The molecule has 2 aromatic heterocycles. The zero-order valence-electron chi connectivity index (χ0n) is 21.8. The van der Waals surface area contributed by atoms with E-state index < -0.39 is 5.97 Å². The van der Waals surface area contributed by atoms with Crippen LogP contribution in [0.25, 0.3) is 22.2 Å². The van der Waals surface area contributed by atoms with Crippen molar-refractivity contribution in [2.45, 2.75) is 66.8 Å². The van der Waals surface area contributed by atoms with Gasteiger partial charge in [0.2, 0.25) is 11.7 Å².